The Balaban J connectivity index is 2.10. The quantitative estimate of drug-likeness (QED) is 0.315. The van der Waals surface area contributed by atoms with Crippen molar-refractivity contribution in [1.29, 1.82) is 0 Å². The van der Waals surface area contributed by atoms with Crippen LogP contribution < -0.4 is 23.7 Å². The van der Waals surface area contributed by atoms with Gasteiger partial charge in [0.25, 0.3) is 0 Å². The van der Waals surface area contributed by atoms with Gasteiger partial charge in [-0.2, -0.15) is 0 Å². The number of methoxy groups -OCH3 is 5. The number of benzene rings is 2. The summed E-state index contributed by atoms with van der Waals surface area (Å²) in [5, 5.41) is 1.80. The van der Waals surface area contributed by atoms with E-state index in [4.69, 9.17) is 28.4 Å². The summed E-state index contributed by atoms with van der Waals surface area (Å²) in [7, 11) is 7.65. The zero-order chi connectivity index (χ0) is 25.3. The largest absolute Gasteiger partial charge is 0.493 e. The number of aromatic nitrogens is 1. The Morgan fingerprint density at radius 3 is 2.00 bits per heavy atom. The van der Waals surface area contributed by atoms with E-state index in [0.29, 0.717) is 34.4 Å². The molecule has 0 fully saturated rings. The van der Waals surface area contributed by atoms with E-state index < -0.39 is 5.97 Å². The van der Waals surface area contributed by atoms with Gasteiger partial charge in [-0.1, -0.05) is 0 Å². The molecule has 0 radical (unpaired) electrons. The number of nitrogens with zero attached hydrogens (tertiary/aromatic N) is 1. The third-order valence-electron chi connectivity index (χ3n) is 5.76. The van der Waals surface area contributed by atoms with E-state index in [2.05, 4.69) is 0 Å². The number of ether oxygens (including phenoxy) is 6. The molecule has 0 aliphatic carbocycles. The normalized spacial score (nSPS) is 11.1. The van der Waals surface area contributed by atoms with Gasteiger partial charge in [-0.15, -0.1) is 0 Å². The van der Waals surface area contributed by atoms with Crippen LogP contribution in [0, 0.1) is 0 Å². The lowest BCUT2D eigenvalue weighted by Gasteiger charge is -2.16. The van der Waals surface area contributed by atoms with Crippen LogP contribution in [0.15, 0.2) is 42.6 Å². The van der Waals surface area contributed by atoms with Gasteiger partial charge in [0.05, 0.1) is 47.2 Å². The smallest absolute Gasteiger partial charge is 0.355 e. The lowest BCUT2D eigenvalue weighted by molar-refractivity contribution is 0.0593. The van der Waals surface area contributed by atoms with Crippen LogP contribution >= 0.6 is 0 Å². The molecule has 0 spiro atoms. The highest BCUT2D eigenvalue weighted by molar-refractivity contribution is 6.08. The van der Waals surface area contributed by atoms with Crippen LogP contribution in [0.2, 0.25) is 0 Å². The molecule has 0 atom stereocenters. The van der Waals surface area contributed by atoms with Gasteiger partial charge in [-0.25, -0.2) is 4.79 Å². The fraction of sp³-hybridized carbons (Fsp3) is 0.296. The van der Waals surface area contributed by atoms with Crippen LogP contribution in [0.3, 0.4) is 0 Å². The summed E-state index contributed by atoms with van der Waals surface area (Å²) in [6.07, 6.45) is 1.83. The van der Waals surface area contributed by atoms with Crippen molar-refractivity contribution in [2.24, 2.45) is 0 Å². The Bertz CT molecular complexity index is 1380. The van der Waals surface area contributed by atoms with Gasteiger partial charge in [0, 0.05) is 17.1 Å². The molecule has 35 heavy (non-hydrogen) atoms. The maximum absolute atomic E-state index is 12.7. The van der Waals surface area contributed by atoms with Gasteiger partial charge in [-0.3, -0.25) is 0 Å². The first-order valence-corrected chi connectivity index (χ1v) is 11.1. The molecule has 184 valence electrons. The summed E-state index contributed by atoms with van der Waals surface area (Å²) in [5.41, 5.74) is 2.75. The van der Waals surface area contributed by atoms with Crippen LogP contribution in [0.4, 0.5) is 0 Å². The molecule has 0 bridgehead atoms. The van der Waals surface area contributed by atoms with Crippen molar-refractivity contribution in [3.05, 3.63) is 48.3 Å². The molecule has 0 N–H and O–H groups in total. The highest BCUT2D eigenvalue weighted by Gasteiger charge is 2.23. The summed E-state index contributed by atoms with van der Waals surface area (Å²) in [6.45, 7) is 3.93. The minimum atomic E-state index is -0.454. The SMILES string of the molecule is COC(=O)c1cc(-c2cc(OC)c(OC)c(OC)c2)c2c3cc(OC)c(OC(C)C)cc3ccn12. The topological polar surface area (TPSA) is 76.9 Å². The van der Waals surface area contributed by atoms with Gasteiger partial charge in [0.15, 0.2) is 23.0 Å². The highest BCUT2D eigenvalue weighted by Crippen LogP contribution is 2.44. The second-order valence-electron chi connectivity index (χ2n) is 8.14. The number of hydrogen-bond donors (Lipinski definition) is 0. The standard InChI is InChI=1S/C27H29NO7/c1-15(2)35-22-10-16-8-9-28-20(27(29)34-7)13-18(25(28)19(16)14-21(22)30-3)17-11-23(31-4)26(33-6)24(12-17)32-5/h8-15H,1-7H3. The molecular weight excluding hydrogens is 450 g/mol. The first-order valence-electron chi connectivity index (χ1n) is 11.1. The summed E-state index contributed by atoms with van der Waals surface area (Å²) in [5.74, 6) is 2.28. The van der Waals surface area contributed by atoms with Crippen molar-refractivity contribution in [3.8, 4) is 39.9 Å². The number of esters is 1. The summed E-state index contributed by atoms with van der Waals surface area (Å²) in [4.78, 5) is 12.7. The Hall–Kier alpha value is -4.07. The number of fused-ring (bicyclic) bond motifs is 3. The Kier molecular flexibility index (Phi) is 6.64. The lowest BCUT2D eigenvalue weighted by Crippen LogP contribution is -2.07. The van der Waals surface area contributed by atoms with E-state index in [1.54, 1.807) is 34.5 Å². The Labute approximate surface area is 203 Å². The van der Waals surface area contributed by atoms with Crippen LogP contribution in [0.25, 0.3) is 27.4 Å². The minimum absolute atomic E-state index is 0.0147. The molecule has 0 saturated carbocycles. The van der Waals surface area contributed by atoms with E-state index in [-0.39, 0.29) is 6.10 Å². The number of pyridine rings is 1. The van der Waals surface area contributed by atoms with E-state index in [9.17, 15) is 4.79 Å². The molecule has 0 aliphatic heterocycles. The van der Waals surface area contributed by atoms with Crippen LogP contribution in [-0.2, 0) is 4.74 Å². The fourth-order valence-electron chi connectivity index (χ4n) is 4.25. The molecule has 2 aromatic carbocycles. The van der Waals surface area contributed by atoms with Crippen molar-refractivity contribution < 1.29 is 33.2 Å². The van der Waals surface area contributed by atoms with E-state index in [0.717, 1.165) is 27.4 Å². The van der Waals surface area contributed by atoms with E-state index >= 15 is 0 Å². The number of hydrogen-bond acceptors (Lipinski definition) is 7. The van der Waals surface area contributed by atoms with Gasteiger partial charge >= 0.3 is 5.97 Å². The number of carbonyl (C=O) groups is 1. The van der Waals surface area contributed by atoms with Crippen molar-refractivity contribution in [2.45, 2.75) is 20.0 Å². The Morgan fingerprint density at radius 2 is 1.46 bits per heavy atom. The van der Waals surface area contributed by atoms with Gasteiger partial charge in [0.2, 0.25) is 5.75 Å². The molecule has 0 amide bonds. The first kappa shape index (κ1) is 24.1. The number of rotatable bonds is 8. The number of carbonyl (C=O) groups excluding carboxylic acids is 1. The van der Waals surface area contributed by atoms with Crippen molar-refractivity contribution in [3.63, 3.8) is 0 Å². The van der Waals surface area contributed by atoms with Crippen molar-refractivity contribution in [1.82, 2.24) is 4.40 Å². The zero-order valence-electron chi connectivity index (χ0n) is 20.9. The molecular formula is C27H29NO7. The minimum Gasteiger partial charge on any atom is -0.493 e. The summed E-state index contributed by atoms with van der Waals surface area (Å²) >= 11 is 0. The molecule has 2 heterocycles. The predicted octanol–water partition coefficient (Wildman–Crippen LogP) is 5.37. The predicted molar refractivity (Wildman–Crippen MR) is 134 cm³/mol. The third-order valence-corrected chi connectivity index (χ3v) is 5.76. The highest BCUT2D eigenvalue weighted by atomic mass is 16.5. The van der Waals surface area contributed by atoms with Crippen LogP contribution in [0.5, 0.6) is 28.7 Å². The van der Waals surface area contributed by atoms with Gasteiger partial charge < -0.3 is 32.8 Å². The molecule has 8 nitrogen and oxygen atoms in total. The monoisotopic (exact) mass is 479 g/mol. The van der Waals surface area contributed by atoms with Gasteiger partial charge in [-0.05, 0) is 61.2 Å². The van der Waals surface area contributed by atoms with Crippen LogP contribution in [0.1, 0.15) is 24.3 Å². The molecule has 0 saturated heterocycles. The maximum Gasteiger partial charge on any atom is 0.355 e. The maximum atomic E-state index is 12.7. The van der Waals surface area contributed by atoms with Crippen LogP contribution in [-0.4, -0.2) is 52.0 Å². The molecule has 0 aliphatic rings. The van der Waals surface area contributed by atoms with E-state index in [1.807, 2.05) is 54.8 Å². The fourth-order valence-corrected chi connectivity index (χ4v) is 4.25. The second kappa shape index (κ2) is 9.66. The Morgan fingerprint density at radius 1 is 0.800 bits per heavy atom. The van der Waals surface area contributed by atoms with Crippen molar-refractivity contribution >= 4 is 22.3 Å². The average Bonchev–Trinajstić information content (AvgIpc) is 3.26. The third kappa shape index (κ3) is 4.16. The molecule has 0 unspecified atom stereocenters. The first-order chi connectivity index (χ1) is 16.9. The lowest BCUT2D eigenvalue weighted by atomic mass is 10.0. The summed E-state index contributed by atoms with van der Waals surface area (Å²) in [6, 6.07) is 11.3. The summed E-state index contributed by atoms with van der Waals surface area (Å²) < 4.78 is 35.1. The van der Waals surface area contributed by atoms with Gasteiger partial charge in [0.1, 0.15) is 5.69 Å². The van der Waals surface area contributed by atoms with E-state index in [1.165, 1.54) is 7.11 Å². The zero-order valence-corrected chi connectivity index (χ0v) is 20.9. The second-order valence-corrected chi connectivity index (χ2v) is 8.14. The molecule has 4 rings (SSSR count). The average molecular weight is 480 g/mol. The molecule has 2 aromatic heterocycles. The van der Waals surface area contributed by atoms with Crippen molar-refractivity contribution in [2.75, 3.05) is 35.5 Å². The molecule has 4 aromatic rings. The molecule has 8 heteroatoms.